The van der Waals surface area contributed by atoms with Gasteiger partial charge in [0.1, 0.15) is 0 Å². The van der Waals surface area contributed by atoms with Gasteiger partial charge in [-0.3, -0.25) is 19.9 Å². The molecular formula is C44H74Fe2N8Si4. The van der Waals surface area contributed by atoms with Gasteiger partial charge in [-0.25, -0.2) is 12.1 Å². The number of aromatic nitrogens is 4. The first kappa shape index (κ1) is 58.4. The van der Waals surface area contributed by atoms with E-state index < -0.39 is 32.9 Å². The second-order valence-electron chi connectivity index (χ2n) is 18.4. The number of pyridine rings is 4. The number of rotatable bonds is 12. The fraction of sp³-hybridized carbons (Fsp3) is 0.500. The third-order valence-electron chi connectivity index (χ3n) is 7.33. The van der Waals surface area contributed by atoms with Crippen LogP contribution in [0.4, 0.5) is 0 Å². The standard InChI is InChI=1S/2C16H19N3.2C6H18NSi2.2Fe/c2*1-11-7-5-9-15(17-11)13(3)19-14(4)16-10-6-8-12(2)18-16;2*1-8(2,3)7-9(4,5)6;;/h2*5-10,13-14H,3H2,1-2,4H3;2*1-6H3;;/q2*-2;2*-1;2*+3/t2*13?,14-;;;;/m10..../s1. The third kappa shape index (κ3) is 28.0. The summed E-state index contributed by atoms with van der Waals surface area (Å²) in [6.07, 6.45) is 0. The molecule has 0 aliphatic carbocycles. The Morgan fingerprint density at radius 1 is 0.397 bits per heavy atom. The number of aryl methyl sites for hydroxylation is 4. The van der Waals surface area contributed by atoms with Crippen LogP contribution in [0.5, 0.6) is 0 Å². The summed E-state index contributed by atoms with van der Waals surface area (Å²) in [5.41, 5.74) is 7.75. The van der Waals surface area contributed by atoms with Crippen LogP contribution >= 0.6 is 0 Å². The molecule has 4 aromatic rings. The summed E-state index contributed by atoms with van der Waals surface area (Å²) < 4.78 is 9.64. The van der Waals surface area contributed by atoms with Gasteiger partial charge >= 0.3 is 34.1 Å². The van der Waals surface area contributed by atoms with Gasteiger partial charge in [0, 0.05) is 34.2 Å². The van der Waals surface area contributed by atoms with Crippen molar-refractivity contribution in [3.05, 3.63) is 152 Å². The van der Waals surface area contributed by atoms with Crippen LogP contribution in [0.25, 0.3) is 19.9 Å². The minimum absolute atomic E-state index is 0. The average Bonchev–Trinajstić information content (AvgIpc) is 3.02. The van der Waals surface area contributed by atoms with Crippen molar-refractivity contribution in [2.75, 3.05) is 0 Å². The van der Waals surface area contributed by atoms with Crippen molar-refractivity contribution in [1.29, 1.82) is 0 Å². The van der Waals surface area contributed by atoms with Crippen molar-refractivity contribution < 1.29 is 34.1 Å². The van der Waals surface area contributed by atoms with Gasteiger partial charge in [-0.05, 0) is 87.6 Å². The quantitative estimate of drug-likeness (QED) is 0.104. The fourth-order valence-electron chi connectivity index (χ4n) is 5.95. The number of nitrogens with zero attached hydrogens (tertiary/aromatic N) is 8. The van der Waals surface area contributed by atoms with Gasteiger partial charge in [0.25, 0.3) is 0 Å². The largest absolute Gasteiger partial charge is 3.00 e. The molecule has 4 rings (SSSR count). The van der Waals surface area contributed by atoms with Crippen molar-refractivity contribution >= 4 is 32.9 Å². The molecule has 14 heteroatoms. The molecule has 4 aromatic heterocycles. The smallest absolute Gasteiger partial charge is 0.673 e. The van der Waals surface area contributed by atoms with E-state index in [-0.39, 0.29) is 58.3 Å². The Bertz CT molecular complexity index is 1490. The summed E-state index contributed by atoms with van der Waals surface area (Å²) in [5.74, 6) is 0. The Balaban J connectivity index is 0. The van der Waals surface area contributed by atoms with E-state index in [4.69, 9.17) is 9.30 Å². The van der Waals surface area contributed by atoms with E-state index in [1.54, 1.807) is 0 Å². The zero-order chi connectivity index (χ0) is 43.1. The SMILES string of the molecule is C[Si](C)(C)[N-][Si](C)(C)C.C[Si](C)(C)[N-][Si](C)(C)C.[CH2-]C([N-][C@@H](C)c1cccc(C)n1)c1cccc(C)n1.[CH2-]C([N-][C@H](C)c1cccc(C)n1)c1cccc(C)n1.[Fe+3].[Fe+3]. The first-order chi connectivity index (χ1) is 25.5. The molecule has 0 amide bonds. The summed E-state index contributed by atoms with van der Waals surface area (Å²) >= 11 is 0. The summed E-state index contributed by atoms with van der Waals surface area (Å²) in [7, 11) is -4.42. The second kappa shape index (κ2) is 26.6. The van der Waals surface area contributed by atoms with Gasteiger partial charge in [0.15, 0.2) is 0 Å². The summed E-state index contributed by atoms with van der Waals surface area (Å²) in [4.78, 5) is 17.9. The molecule has 0 aliphatic heterocycles. The van der Waals surface area contributed by atoms with Crippen molar-refractivity contribution in [1.82, 2.24) is 19.9 Å². The molecule has 4 atom stereocenters. The van der Waals surface area contributed by atoms with Gasteiger partial charge in [0.2, 0.25) is 0 Å². The Labute approximate surface area is 380 Å². The van der Waals surface area contributed by atoms with Crippen molar-refractivity contribution in [3.8, 4) is 0 Å². The van der Waals surface area contributed by atoms with Gasteiger partial charge in [0.05, 0.1) is 0 Å². The molecule has 0 fully saturated rings. The molecule has 2 radical (unpaired) electrons. The van der Waals surface area contributed by atoms with E-state index in [0.717, 1.165) is 45.6 Å². The summed E-state index contributed by atoms with van der Waals surface area (Å²) in [6.45, 7) is 47.7. The Morgan fingerprint density at radius 3 is 0.793 bits per heavy atom. The topological polar surface area (TPSA) is 108 Å². The third-order valence-corrected chi connectivity index (χ3v) is 18.1. The molecule has 0 spiro atoms. The minimum atomic E-state index is -1.11. The van der Waals surface area contributed by atoms with E-state index in [2.05, 4.69) is 123 Å². The molecule has 4 heterocycles. The average molecular weight is 939 g/mol. The van der Waals surface area contributed by atoms with Gasteiger partial charge < -0.3 is 33.8 Å². The van der Waals surface area contributed by atoms with Crippen LogP contribution in [0.15, 0.2) is 72.8 Å². The van der Waals surface area contributed by atoms with E-state index in [1.807, 2.05) is 114 Å². The first-order valence-electron chi connectivity index (χ1n) is 19.8. The molecule has 0 saturated carbocycles. The van der Waals surface area contributed by atoms with E-state index in [1.165, 1.54) is 0 Å². The van der Waals surface area contributed by atoms with Crippen LogP contribution in [-0.4, -0.2) is 52.9 Å². The molecule has 8 nitrogen and oxygen atoms in total. The first-order valence-corrected chi connectivity index (χ1v) is 33.6. The van der Waals surface area contributed by atoms with Gasteiger partial charge in [-0.1, -0.05) is 162 Å². The zero-order valence-electron chi connectivity index (χ0n) is 38.9. The maximum atomic E-state index is 4.82. The monoisotopic (exact) mass is 938 g/mol. The Kier molecular flexibility index (Phi) is 26.8. The molecule has 0 aromatic carbocycles. The van der Waals surface area contributed by atoms with Gasteiger partial charge in [-0.2, -0.15) is 0 Å². The van der Waals surface area contributed by atoms with Crippen LogP contribution in [0.1, 0.15) is 83.6 Å². The van der Waals surface area contributed by atoms with Crippen molar-refractivity contribution in [2.24, 2.45) is 0 Å². The molecule has 0 bridgehead atoms. The molecule has 0 aliphatic rings. The van der Waals surface area contributed by atoms with Crippen LogP contribution in [-0.2, 0) is 34.1 Å². The molecule has 0 saturated heterocycles. The molecule has 58 heavy (non-hydrogen) atoms. The summed E-state index contributed by atoms with van der Waals surface area (Å²) in [6, 6.07) is 23.5. The molecule has 0 N–H and O–H groups in total. The fourth-order valence-corrected chi connectivity index (χ4v) is 22.1. The van der Waals surface area contributed by atoms with Crippen LogP contribution < -0.4 is 0 Å². The summed E-state index contributed by atoms with van der Waals surface area (Å²) in [5, 5.41) is 9.33. The molecule has 2 unspecified atom stereocenters. The second-order valence-corrected chi connectivity index (χ2v) is 37.6. The predicted octanol–water partition coefficient (Wildman–Crippen LogP) is 14.3. The van der Waals surface area contributed by atoms with Crippen LogP contribution in [0, 0.1) is 41.5 Å². The van der Waals surface area contributed by atoms with Crippen LogP contribution in [0.2, 0.25) is 78.6 Å². The van der Waals surface area contributed by atoms with Gasteiger partial charge in [-0.15, -0.1) is 0 Å². The minimum Gasteiger partial charge on any atom is -0.673 e. The molecule has 322 valence electrons. The van der Waals surface area contributed by atoms with Crippen molar-refractivity contribution in [3.63, 3.8) is 0 Å². The Hall–Kier alpha value is -1.65. The Morgan fingerprint density at radius 2 is 0.603 bits per heavy atom. The number of hydrogen-bond acceptors (Lipinski definition) is 4. The van der Waals surface area contributed by atoms with E-state index in [0.29, 0.717) is 0 Å². The van der Waals surface area contributed by atoms with E-state index >= 15 is 0 Å². The predicted molar refractivity (Wildman–Crippen MR) is 256 cm³/mol. The normalized spacial score (nSPS) is 13.6. The van der Waals surface area contributed by atoms with E-state index in [9.17, 15) is 0 Å². The molecular weight excluding hydrogens is 865 g/mol. The maximum absolute atomic E-state index is 4.82. The van der Waals surface area contributed by atoms with Crippen molar-refractivity contribution in [2.45, 2.75) is 144 Å². The number of hydrogen-bond donors (Lipinski definition) is 0. The maximum Gasteiger partial charge on any atom is 3.00 e. The van der Waals surface area contributed by atoms with Crippen LogP contribution in [0.3, 0.4) is 0 Å². The zero-order valence-corrected chi connectivity index (χ0v) is 45.1.